The van der Waals surface area contributed by atoms with Crippen LogP contribution in [0.2, 0.25) is 0 Å². The van der Waals surface area contributed by atoms with Crippen molar-refractivity contribution in [3.05, 3.63) is 36.2 Å². The van der Waals surface area contributed by atoms with Gasteiger partial charge in [0.25, 0.3) is 0 Å². The third-order valence-corrected chi connectivity index (χ3v) is 5.78. The molecule has 9 heteroatoms. The lowest BCUT2D eigenvalue weighted by Crippen LogP contribution is -2.46. The van der Waals surface area contributed by atoms with E-state index in [1.54, 1.807) is 0 Å². The molecule has 152 valence electrons. The predicted octanol–water partition coefficient (Wildman–Crippen LogP) is 2.19. The van der Waals surface area contributed by atoms with Crippen molar-refractivity contribution in [2.45, 2.75) is 18.8 Å². The monoisotopic (exact) mass is 398 g/mol. The van der Waals surface area contributed by atoms with Crippen LogP contribution in [0.25, 0.3) is 22.4 Å². The molecule has 1 aromatic carbocycles. The summed E-state index contributed by atoms with van der Waals surface area (Å²) in [5.41, 5.74) is 2.21. The molecule has 0 radical (unpaired) electrons. The van der Waals surface area contributed by atoms with E-state index in [0.29, 0.717) is 17.7 Å². The molecule has 0 spiro atoms. The standard InChI is InChI=1S/C18H20N4O.C2H2O4/c1-21-15-5-3-2-4-13(15)10-16(21)17-19-18(23-20-17)14-11-22-8-6-12(14)7-9-22;3-1(4)2(5)6/h2-5,10,12,14H,6-9,11H2,1H3;(H,3,4)(H,5,6). The van der Waals surface area contributed by atoms with Gasteiger partial charge in [-0.15, -0.1) is 0 Å². The van der Waals surface area contributed by atoms with Crippen LogP contribution in [0.15, 0.2) is 34.9 Å². The number of aromatic nitrogens is 3. The van der Waals surface area contributed by atoms with Crippen molar-refractivity contribution >= 4 is 22.8 Å². The molecule has 1 atom stereocenters. The van der Waals surface area contributed by atoms with E-state index in [4.69, 9.17) is 29.3 Å². The van der Waals surface area contributed by atoms with Crippen LogP contribution in [0.4, 0.5) is 0 Å². The van der Waals surface area contributed by atoms with Crippen molar-refractivity contribution in [1.29, 1.82) is 0 Å². The molecule has 0 amide bonds. The highest BCUT2D eigenvalue weighted by molar-refractivity contribution is 6.27. The number of para-hydroxylation sites is 1. The van der Waals surface area contributed by atoms with Crippen molar-refractivity contribution in [1.82, 2.24) is 19.6 Å². The van der Waals surface area contributed by atoms with Crippen LogP contribution < -0.4 is 0 Å². The van der Waals surface area contributed by atoms with E-state index in [1.165, 1.54) is 36.8 Å². The number of nitrogens with zero attached hydrogens (tertiary/aromatic N) is 4. The Kier molecular flexibility index (Phi) is 5.06. The van der Waals surface area contributed by atoms with Crippen LogP contribution in [0, 0.1) is 5.92 Å². The molecule has 3 aliphatic rings. The van der Waals surface area contributed by atoms with E-state index in [0.717, 1.165) is 18.1 Å². The summed E-state index contributed by atoms with van der Waals surface area (Å²) in [5, 5.41) is 20.3. The molecule has 3 aromatic rings. The summed E-state index contributed by atoms with van der Waals surface area (Å²) in [5.74, 6) is -1.01. The minimum Gasteiger partial charge on any atom is -0.473 e. The van der Waals surface area contributed by atoms with E-state index in [2.05, 4.69) is 52.0 Å². The first-order valence-corrected chi connectivity index (χ1v) is 9.51. The van der Waals surface area contributed by atoms with Gasteiger partial charge in [0.05, 0.1) is 11.6 Å². The fraction of sp³-hybridized carbons (Fsp3) is 0.400. The zero-order chi connectivity index (χ0) is 20.5. The fourth-order valence-corrected chi connectivity index (χ4v) is 4.24. The number of hydrogen-bond donors (Lipinski definition) is 2. The lowest BCUT2D eigenvalue weighted by Gasteiger charge is -2.43. The van der Waals surface area contributed by atoms with Crippen molar-refractivity contribution in [3.63, 3.8) is 0 Å². The first-order valence-electron chi connectivity index (χ1n) is 9.51. The summed E-state index contributed by atoms with van der Waals surface area (Å²) in [7, 11) is 2.06. The Labute approximate surface area is 166 Å². The van der Waals surface area contributed by atoms with Gasteiger partial charge >= 0.3 is 11.9 Å². The van der Waals surface area contributed by atoms with Crippen LogP contribution in [-0.4, -0.2) is 61.4 Å². The Hall–Kier alpha value is -3.20. The zero-order valence-electron chi connectivity index (χ0n) is 16.0. The maximum Gasteiger partial charge on any atom is 0.414 e. The summed E-state index contributed by atoms with van der Waals surface area (Å²) in [4.78, 5) is 25.5. The van der Waals surface area contributed by atoms with Crippen molar-refractivity contribution < 1.29 is 24.3 Å². The van der Waals surface area contributed by atoms with E-state index in [1.807, 2.05) is 0 Å². The van der Waals surface area contributed by atoms with Crippen molar-refractivity contribution in [2.75, 3.05) is 19.6 Å². The molecule has 5 heterocycles. The number of benzene rings is 1. The molecule has 3 aliphatic heterocycles. The topological polar surface area (TPSA) is 122 Å². The maximum atomic E-state index is 9.10. The molecule has 2 aromatic heterocycles. The number of carboxylic acid groups (broad SMARTS) is 2. The highest BCUT2D eigenvalue weighted by Gasteiger charge is 2.38. The number of piperidine rings is 3. The summed E-state index contributed by atoms with van der Waals surface area (Å²) < 4.78 is 7.80. The van der Waals surface area contributed by atoms with Gasteiger partial charge in [-0.25, -0.2) is 9.59 Å². The van der Waals surface area contributed by atoms with E-state index < -0.39 is 11.9 Å². The molecule has 2 N–H and O–H groups in total. The molecule has 3 fully saturated rings. The van der Waals surface area contributed by atoms with Gasteiger partial charge < -0.3 is 24.2 Å². The molecule has 1 unspecified atom stereocenters. The lowest BCUT2D eigenvalue weighted by atomic mass is 9.79. The summed E-state index contributed by atoms with van der Waals surface area (Å²) in [6.45, 7) is 3.53. The molecular formula is C20H22N4O5. The Morgan fingerprint density at radius 1 is 1.14 bits per heavy atom. The minimum absolute atomic E-state index is 0.411. The Balaban J connectivity index is 0.000000302. The molecule has 29 heavy (non-hydrogen) atoms. The molecule has 0 aliphatic carbocycles. The number of hydrogen-bond acceptors (Lipinski definition) is 6. The number of aryl methyl sites for hydroxylation is 1. The van der Waals surface area contributed by atoms with Crippen molar-refractivity contribution in [3.8, 4) is 11.5 Å². The maximum absolute atomic E-state index is 9.10. The quantitative estimate of drug-likeness (QED) is 0.630. The highest BCUT2D eigenvalue weighted by Crippen LogP contribution is 2.38. The van der Waals surface area contributed by atoms with Crippen LogP contribution in [-0.2, 0) is 16.6 Å². The highest BCUT2D eigenvalue weighted by atomic mass is 16.5. The van der Waals surface area contributed by atoms with Crippen LogP contribution in [0.5, 0.6) is 0 Å². The van der Waals surface area contributed by atoms with E-state index >= 15 is 0 Å². The smallest absolute Gasteiger partial charge is 0.414 e. The molecular weight excluding hydrogens is 376 g/mol. The molecule has 2 bridgehead atoms. The van der Waals surface area contributed by atoms with Crippen LogP contribution in [0.3, 0.4) is 0 Å². The minimum atomic E-state index is -1.82. The normalized spacial score (nSPS) is 22.9. The van der Waals surface area contributed by atoms with Gasteiger partial charge in [-0.05, 0) is 44.0 Å². The first kappa shape index (κ1) is 19.1. The van der Waals surface area contributed by atoms with Gasteiger partial charge in [-0.2, -0.15) is 4.98 Å². The van der Waals surface area contributed by atoms with E-state index in [9.17, 15) is 0 Å². The fourth-order valence-electron chi connectivity index (χ4n) is 4.24. The van der Waals surface area contributed by atoms with Gasteiger partial charge in [-0.1, -0.05) is 23.4 Å². The third-order valence-electron chi connectivity index (χ3n) is 5.78. The summed E-state index contributed by atoms with van der Waals surface area (Å²) in [6, 6.07) is 10.5. The molecule has 9 nitrogen and oxygen atoms in total. The van der Waals surface area contributed by atoms with Crippen LogP contribution in [0.1, 0.15) is 24.7 Å². The number of carbonyl (C=O) groups is 2. The first-order chi connectivity index (χ1) is 13.9. The second kappa shape index (κ2) is 7.67. The van der Waals surface area contributed by atoms with Gasteiger partial charge in [0.2, 0.25) is 11.7 Å². The van der Waals surface area contributed by atoms with Gasteiger partial charge in [0.1, 0.15) is 0 Å². The summed E-state index contributed by atoms with van der Waals surface area (Å²) in [6.07, 6.45) is 2.52. The zero-order valence-corrected chi connectivity index (χ0v) is 16.0. The molecule has 6 rings (SSSR count). The molecule has 3 saturated heterocycles. The third kappa shape index (κ3) is 3.73. The Morgan fingerprint density at radius 2 is 1.83 bits per heavy atom. The Morgan fingerprint density at radius 3 is 2.41 bits per heavy atom. The van der Waals surface area contributed by atoms with Gasteiger partial charge in [0, 0.05) is 24.5 Å². The number of rotatable bonds is 2. The molecule has 0 saturated carbocycles. The van der Waals surface area contributed by atoms with E-state index in [-0.39, 0.29) is 0 Å². The van der Waals surface area contributed by atoms with Crippen LogP contribution >= 0.6 is 0 Å². The number of aliphatic carboxylic acids is 2. The lowest BCUT2D eigenvalue weighted by molar-refractivity contribution is -0.159. The number of carboxylic acids is 2. The predicted molar refractivity (Wildman–Crippen MR) is 103 cm³/mol. The van der Waals surface area contributed by atoms with Crippen molar-refractivity contribution in [2.24, 2.45) is 13.0 Å². The SMILES string of the molecule is Cn1c(-c2noc(C3CN4CCC3CC4)n2)cc2ccccc21.O=C(O)C(=O)O. The summed E-state index contributed by atoms with van der Waals surface area (Å²) >= 11 is 0. The number of fused-ring (bicyclic) bond motifs is 4. The second-order valence-electron chi connectivity index (χ2n) is 7.46. The van der Waals surface area contributed by atoms with Gasteiger partial charge in [-0.3, -0.25) is 0 Å². The second-order valence-corrected chi connectivity index (χ2v) is 7.46. The average molecular weight is 398 g/mol. The Bertz CT molecular complexity index is 1040. The largest absolute Gasteiger partial charge is 0.473 e. The average Bonchev–Trinajstić information content (AvgIpc) is 3.34. The van der Waals surface area contributed by atoms with Gasteiger partial charge in [0.15, 0.2) is 0 Å².